The van der Waals surface area contributed by atoms with Crippen LogP contribution in [-0.2, 0) is 0 Å². The molecule has 2 aromatic rings. The van der Waals surface area contributed by atoms with Gasteiger partial charge >= 0.3 is 0 Å². The van der Waals surface area contributed by atoms with E-state index in [4.69, 9.17) is 23.2 Å². The van der Waals surface area contributed by atoms with E-state index in [1.54, 1.807) is 12.1 Å². The van der Waals surface area contributed by atoms with Gasteiger partial charge in [0.05, 0.1) is 14.3 Å². The summed E-state index contributed by atoms with van der Waals surface area (Å²) in [7, 11) is 0. The van der Waals surface area contributed by atoms with E-state index < -0.39 is 0 Å². The lowest BCUT2D eigenvalue weighted by Crippen LogP contribution is -1.99. The molecule has 3 nitrogen and oxygen atoms in total. The molecule has 1 fully saturated rings. The van der Waals surface area contributed by atoms with Crippen LogP contribution in [0.2, 0.25) is 10.2 Å². The molecular weight excluding hydrogens is 398 g/mol. The van der Waals surface area contributed by atoms with Gasteiger partial charge in [-0.2, -0.15) is 0 Å². The molecular formula is C13H9Cl2IN2O. The third-order valence-electron chi connectivity index (χ3n) is 3.01. The van der Waals surface area contributed by atoms with Crippen LogP contribution in [0.3, 0.4) is 0 Å². The molecule has 0 saturated heterocycles. The highest BCUT2D eigenvalue weighted by molar-refractivity contribution is 14.1. The smallest absolute Gasteiger partial charge is 0.161 e. The Balaban J connectivity index is 2.11. The molecule has 3 rings (SSSR count). The van der Waals surface area contributed by atoms with E-state index in [2.05, 4.69) is 32.6 Å². The zero-order valence-corrected chi connectivity index (χ0v) is 13.4. The van der Waals surface area contributed by atoms with Gasteiger partial charge in [0.2, 0.25) is 0 Å². The number of phenolic OH excluding ortho intramolecular Hbond substituents is 1. The fourth-order valence-corrected chi connectivity index (χ4v) is 2.88. The number of aromatic hydroxyl groups is 1. The summed E-state index contributed by atoms with van der Waals surface area (Å²) in [6.45, 7) is 0. The maximum Gasteiger partial charge on any atom is 0.161 e. The molecule has 0 spiro atoms. The SMILES string of the molecule is Oc1ccc(-c2nc(Cl)c(I)c(C3CC3)n2)cc1Cl. The number of hydrogen-bond donors (Lipinski definition) is 1. The van der Waals surface area contributed by atoms with Crippen LogP contribution < -0.4 is 0 Å². The van der Waals surface area contributed by atoms with Crippen molar-refractivity contribution in [2.45, 2.75) is 18.8 Å². The molecule has 19 heavy (non-hydrogen) atoms. The van der Waals surface area contributed by atoms with Crippen LogP contribution in [0.15, 0.2) is 18.2 Å². The predicted molar refractivity (Wildman–Crippen MR) is 83.8 cm³/mol. The summed E-state index contributed by atoms with van der Waals surface area (Å²) in [5.74, 6) is 1.09. The molecule has 1 aliphatic rings. The van der Waals surface area contributed by atoms with Crippen molar-refractivity contribution in [2.75, 3.05) is 0 Å². The van der Waals surface area contributed by atoms with Crippen LogP contribution in [0.5, 0.6) is 5.75 Å². The highest BCUT2D eigenvalue weighted by Gasteiger charge is 2.29. The molecule has 6 heteroatoms. The number of aromatic nitrogens is 2. The van der Waals surface area contributed by atoms with Crippen molar-refractivity contribution in [2.24, 2.45) is 0 Å². The Morgan fingerprint density at radius 1 is 1.21 bits per heavy atom. The zero-order chi connectivity index (χ0) is 13.6. The van der Waals surface area contributed by atoms with Gasteiger partial charge in [0.25, 0.3) is 0 Å². The third kappa shape index (κ3) is 2.66. The van der Waals surface area contributed by atoms with Crippen LogP contribution >= 0.6 is 45.8 Å². The Hall–Kier alpha value is -0.590. The molecule has 1 saturated carbocycles. The molecule has 0 atom stereocenters. The van der Waals surface area contributed by atoms with Crippen molar-refractivity contribution < 1.29 is 5.11 Å². The zero-order valence-electron chi connectivity index (χ0n) is 9.70. The van der Waals surface area contributed by atoms with E-state index in [9.17, 15) is 5.11 Å². The van der Waals surface area contributed by atoms with Crippen molar-refractivity contribution in [1.82, 2.24) is 9.97 Å². The van der Waals surface area contributed by atoms with Gasteiger partial charge in [-0.3, -0.25) is 0 Å². The van der Waals surface area contributed by atoms with Gasteiger partial charge in [0.1, 0.15) is 10.9 Å². The van der Waals surface area contributed by atoms with E-state index in [1.807, 2.05) is 0 Å². The van der Waals surface area contributed by atoms with E-state index in [1.165, 1.54) is 6.07 Å². The number of rotatable bonds is 2. The van der Waals surface area contributed by atoms with Crippen molar-refractivity contribution in [3.63, 3.8) is 0 Å². The maximum absolute atomic E-state index is 9.44. The van der Waals surface area contributed by atoms with Gasteiger partial charge in [-0.15, -0.1) is 0 Å². The first-order valence-electron chi connectivity index (χ1n) is 5.78. The summed E-state index contributed by atoms with van der Waals surface area (Å²) in [5, 5.41) is 10.2. The molecule has 1 aromatic carbocycles. The molecule has 0 amide bonds. The van der Waals surface area contributed by atoms with Crippen LogP contribution in [0, 0.1) is 3.57 Å². The number of benzene rings is 1. The van der Waals surface area contributed by atoms with Crippen molar-refractivity contribution in [3.05, 3.63) is 37.6 Å². The first-order valence-corrected chi connectivity index (χ1v) is 7.61. The van der Waals surface area contributed by atoms with E-state index in [0.717, 1.165) is 27.7 Å². The van der Waals surface area contributed by atoms with Gasteiger partial charge in [-0.05, 0) is 53.6 Å². The summed E-state index contributed by atoms with van der Waals surface area (Å²) < 4.78 is 0.926. The Kier molecular flexibility index (Phi) is 3.57. The minimum absolute atomic E-state index is 0.0458. The van der Waals surface area contributed by atoms with Crippen LogP contribution in [-0.4, -0.2) is 15.1 Å². The summed E-state index contributed by atoms with van der Waals surface area (Å²) in [5.41, 5.74) is 1.77. The first kappa shape index (κ1) is 13.4. The number of halogens is 3. The lowest BCUT2D eigenvalue weighted by molar-refractivity contribution is 0.475. The second-order valence-corrected chi connectivity index (χ2v) is 6.32. The van der Waals surface area contributed by atoms with E-state index in [0.29, 0.717) is 16.9 Å². The Labute approximate surface area is 134 Å². The quantitative estimate of drug-likeness (QED) is 0.583. The van der Waals surface area contributed by atoms with E-state index in [-0.39, 0.29) is 10.8 Å². The Morgan fingerprint density at radius 3 is 2.58 bits per heavy atom. The molecule has 1 heterocycles. The summed E-state index contributed by atoms with van der Waals surface area (Å²) >= 11 is 14.3. The van der Waals surface area contributed by atoms with Crippen molar-refractivity contribution in [1.29, 1.82) is 0 Å². The molecule has 0 unspecified atom stereocenters. The van der Waals surface area contributed by atoms with Gasteiger partial charge < -0.3 is 5.11 Å². The second-order valence-electron chi connectivity index (χ2n) is 4.48. The van der Waals surface area contributed by atoms with E-state index >= 15 is 0 Å². The standard InChI is InChI=1S/C13H9Cl2IN2O/c14-8-5-7(3-4-9(8)19)13-17-11(6-1-2-6)10(16)12(15)18-13/h3-6,19H,1-2H2. The summed E-state index contributed by atoms with van der Waals surface area (Å²) in [6, 6.07) is 4.91. The van der Waals surface area contributed by atoms with Crippen molar-refractivity contribution in [3.8, 4) is 17.1 Å². The van der Waals surface area contributed by atoms with Crippen LogP contribution in [0.1, 0.15) is 24.5 Å². The van der Waals surface area contributed by atoms with Gasteiger partial charge in [-0.25, -0.2) is 9.97 Å². The normalized spacial score (nSPS) is 14.7. The largest absolute Gasteiger partial charge is 0.506 e. The minimum atomic E-state index is 0.0458. The summed E-state index contributed by atoms with van der Waals surface area (Å²) in [4.78, 5) is 8.88. The lowest BCUT2D eigenvalue weighted by Gasteiger charge is -2.08. The number of hydrogen-bond acceptors (Lipinski definition) is 3. The number of phenols is 1. The Morgan fingerprint density at radius 2 is 1.95 bits per heavy atom. The van der Waals surface area contributed by atoms with Crippen LogP contribution in [0.25, 0.3) is 11.4 Å². The van der Waals surface area contributed by atoms with Gasteiger partial charge in [-0.1, -0.05) is 23.2 Å². The highest BCUT2D eigenvalue weighted by atomic mass is 127. The predicted octanol–water partition coefficient (Wildman–Crippen LogP) is 4.64. The molecule has 0 aliphatic heterocycles. The second kappa shape index (κ2) is 5.07. The first-order chi connectivity index (χ1) is 9.06. The molecule has 0 bridgehead atoms. The molecule has 1 aromatic heterocycles. The molecule has 98 valence electrons. The highest BCUT2D eigenvalue weighted by Crippen LogP contribution is 2.43. The fraction of sp³-hybridized carbons (Fsp3) is 0.231. The monoisotopic (exact) mass is 406 g/mol. The van der Waals surface area contributed by atoms with Gasteiger partial charge in [0, 0.05) is 11.5 Å². The Bertz CT molecular complexity index is 659. The maximum atomic E-state index is 9.44. The topological polar surface area (TPSA) is 46.0 Å². The van der Waals surface area contributed by atoms with Crippen molar-refractivity contribution >= 4 is 45.8 Å². The fourth-order valence-electron chi connectivity index (χ4n) is 1.84. The molecule has 0 radical (unpaired) electrons. The average molecular weight is 407 g/mol. The summed E-state index contributed by atoms with van der Waals surface area (Å²) in [6.07, 6.45) is 2.30. The third-order valence-corrected chi connectivity index (χ3v) is 4.96. The lowest BCUT2D eigenvalue weighted by atomic mass is 10.2. The van der Waals surface area contributed by atoms with Crippen LogP contribution in [0.4, 0.5) is 0 Å². The number of nitrogens with zero attached hydrogens (tertiary/aromatic N) is 2. The minimum Gasteiger partial charge on any atom is -0.506 e. The molecule has 1 aliphatic carbocycles. The average Bonchev–Trinajstić information content (AvgIpc) is 3.20. The molecule has 1 N–H and O–H groups in total. The van der Waals surface area contributed by atoms with Gasteiger partial charge in [0.15, 0.2) is 5.82 Å².